The molecule has 1 unspecified atom stereocenters. The van der Waals surface area contributed by atoms with Crippen molar-refractivity contribution in [2.24, 2.45) is 0 Å². The Morgan fingerprint density at radius 2 is 1.76 bits per heavy atom. The maximum atomic E-state index is 12.7. The molecule has 3 nitrogen and oxygen atoms in total. The smallest absolute Gasteiger partial charge is 0.351 e. The van der Waals surface area contributed by atoms with Gasteiger partial charge >= 0.3 is 6.18 Å². The molecule has 8 heteroatoms. The van der Waals surface area contributed by atoms with Crippen LogP contribution in [0.1, 0.15) is 16.7 Å². The molecule has 2 aromatic carbocycles. The molecule has 0 aliphatic heterocycles. The lowest BCUT2D eigenvalue weighted by molar-refractivity contribution is -0.137. The lowest BCUT2D eigenvalue weighted by atomic mass is 10.1. The molecule has 1 amide bonds. The van der Waals surface area contributed by atoms with E-state index in [1.807, 2.05) is 0 Å². The number of carbonyl (C=O) groups excluding carboxylic acids is 1. The summed E-state index contributed by atoms with van der Waals surface area (Å²) < 4.78 is 50.0. The molecule has 0 spiro atoms. The predicted molar refractivity (Wildman–Crippen MR) is 91.5 cm³/mol. The first-order valence-corrected chi connectivity index (χ1v) is 9.13. The van der Waals surface area contributed by atoms with Gasteiger partial charge in [-0.1, -0.05) is 41.9 Å². The minimum atomic E-state index is -4.45. The molecule has 0 aromatic heterocycles. The number of carbonyl (C=O) groups is 1. The van der Waals surface area contributed by atoms with Gasteiger partial charge in [0.25, 0.3) is 0 Å². The Balaban J connectivity index is 1.86. The summed E-state index contributed by atoms with van der Waals surface area (Å²) in [5.41, 5.74) is 0.271. The number of alkyl halides is 3. The number of halogens is 4. The standard InChI is InChI=1S/C17H15ClF3NO2S/c18-15-6-2-3-12(8-15)9-22-16(23)11-25(24)10-13-4-1-5-14(7-13)17(19,20)21/h1-8H,9-11H2,(H,22,23). The Morgan fingerprint density at radius 1 is 1.08 bits per heavy atom. The van der Waals surface area contributed by atoms with Gasteiger partial charge in [0, 0.05) is 28.1 Å². The predicted octanol–water partition coefficient (Wildman–Crippen LogP) is 3.92. The maximum absolute atomic E-state index is 12.7. The summed E-state index contributed by atoms with van der Waals surface area (Å²) >= 11 is 5.84. The summed E-state index contributed by atoms with van der Waals surface area (Å²) in [7, 11) is -1.60. The second-order valence-electron chi connectivity index (χ2n) is 5.33. The van der Waals surface area contributed by atoms with Gasteiger partial charge in [0.1, 0.15) is 5.75 Å². The van der Waals surface area contributed by atoms with Crippen molar-refractivity contribution in [1.29, 1.82) is 0 Å². The number of hydrogen-bond acceptors (Lipinski definition) is 2. The summed E-state index contributed by atoms with van der Waals surface area (Å²) in [6.07, 6.45) is -4.45. The number of hydrogen-bond donors (Lipinski definition) is 1. The highest BCUT2D eigenvalue weighted by atomic mass is 35.5. The third-order valence-electron chi connectivity index (χ3n) is 3.25. The second kappa shape index (κ2) is 8.49. The van der Waals surface area contributed by atoms with E-state index < -0.39 is 28.4 Å². The lowest BCUT2D eigenvalue weighted by Gasteiger charge is -2.09. The fourth-order valence-electron chi connectivity index (χ4n) is 2.12. The van der Waals surface area contributed by atoms with Gasteiger partial charge in [-0.25, -0.2) is 0 Å². The zero-order valence-electron chi connectivity index (χ0n) is 13.0. The van der Waals surface area contributed by atoms with Crippen LogP contribution in [-0.4, -0.2) is 15.9 Å². The highest BCUT2D eigenvalue weighted by Crippen LogP contribution is 2.29. The van der Waals surface area contributed by atoms with E-state index in [2.05, 4.69) is 5.32 Å². The van der Waals surface area contributed by atoms with Gasteiger partial charge in [-0.05, 0) is 29.3 Å². The van der Waals surface area contributed by atoms with Gasteiger partial charge in [0.05, 0.1) is 5.56 Å². The zero-order valence-corrected chi connectivity index (χ0v) is 14.5. The molecule has 0 saturated carbocycles. The highest BCUT2D eigenvalue weighted by molar-refractivity contribution is 7.84. The van der Waals surface area contributed by atoms with Crippen LogP contribution >= 0.6 is 11.6 Å². The van der Waals surface area contributed by atoms with Gasteiger partial charge in [-0.3, -0.25) is 9.00 Å². The summed E-state index contributed by atoms with van der Waals surface area (Å²) in [5, 5.41) is 3.15. The lowest BCUT2D eigenvalue weighted by Crippen LogP contribution is -2.28. The van der Waals surface area contributed by atoms with E-state index >= 15 is 0 Å². The third-order valence-corrected chi connectivity index (χ3v) is 4.73. The van der Waals surface area contributed by atoms with Gasteiger partial charge in [-0.15, -0.1) is 0 Å². The van der Waals surface area contributed by atoms with Crippen LogP contribution in [0.5, 0.6) is 0 Å². The number of nitrogens with one attached hydrogen (secondary N) is 1. The average Bonchev–Trinajstić information content (AvgIpc) is 2.52. The molecule has 1 atom stereocenters. The zero-order chi connectivity index (χ0) is 18.4. The molecular weight excluding hydrogens is 375 g/mol. The van der Waals surface area contributed by atoms with E-state index in [-0.39, 0.29) is 23.6 Å². The molecule has 1 N–H and O–H groups in total. The Morgan fingerprint density at radius 3 is 2.44 bits per heavy atom. The van der Waals surface area contributed by atoms with E-state index in [1.54, 1.807) is 24.3 Å². The van der Waals surface area contributed by atoms with Crippen molar-refractivity contribution in [3.05, 3.63) is 70.2 Å². The molecule has 0 fully saturated rings. The number of benzene rings is 2. The van der Waals surface area contributed by atoms with Crippen molar-refractivity contribution in [1.82, 2.24) is 5.32 Å². The molecular formula is C17H15ClF3NO2S. The number of amides is 1. The largest absolute Gasteiger partial charge is 0.416 e. The normalized spacial score (nSPS) is 12.6. The SMILES string of the molecule is O=C(CS(=O)Cc1cccc(C(F)(F)F)c1)NCc1cccc(Cl)c1. The first kappa shape index (κ1) is 19.5. The molecule has 2 aromatic rings. The van der Waals surface area contributed by atoms with E-state index in [0.717, 1.165) is 17.7 Å². The van der Waals surface area contributed by atoms with Crippen molar-refractivity contribution in [3.8, 4) is 0 Å². The summed E-state index contributed by atoms with van der Waals surface area (Å²) in [6, 6.07) is 11.5. The molecule has 25 heavy (non-hydrogen) atoms. The van der Waals surface area contributed by atoms with Crippen LogP contribution in [0, 0.1) is 0 Å². The fourth-order valence-corrected chi connectivity index (χ4v) is 3.38. The Labute approximate surface area is 150 Å². The van der Waals surface area contributed by atoms with Crippen LogP contribution in [0.2, 0.25) is 5.02 Å². The molecule has 0 aliphatic rings. The molecule has 2 rings (SSSR count). The van der Waals surface area contributed by atoms with Crippen molar-refractivity contribution in [2.45, 2.75) is 18.5 Å². The van der Waals surface area contributed by atoms with E-state index in [4.69, 9.17) is 11.6 Å². The van der Waals surface area contributed by atoms with Gasteiger partial charge in [0.2, 0.25) is 5.91 Å². The minimum Gasteiger partial charge on any atom is -0.351 e. The molecule has 0 aliphatic carbocycles. The maximum Gasteiger partial charge on any atom is 0.416 e. The molecule has 0 bridgehead atoms. The van der Waals surface area contributed by atoms with Crippen LogP contribution < -0.4 is 5.32 Å². The van der Waals surface area contributed by atoms with E-state index in [0.29, 0.717) is 5.02 Å². The Kier molecular flexibility index (Phi) is 6.61. The van der Waals surface area contributed by atoms with Crippen LogP contribution in [0.25, 0.3) is 0 Å². The summed E-state index contributed by atoms with van der Waals surface area (Å²) in [6.45, 7) is 0.236. The van der Waals surface area contributed by atoms with E-state index in [1.165, 1.54) is 12.1 Å². The Bertz CT molecular complexity index is 780. The van der Waals surface area contributed by atoms with Crippen molar-refractivity contribution < 1.29 is 22.2 Å². The second-order valence-corrected chi connectivity index (χ2v) is 7.23. The highest BCUT2D eigenvalue weighted by Gasteiger charge is 2.30. The van der Waals surface area contributed by atoms with Crippen LogP contribution in [0.15, 0.2) is 48.5 Å². The van der Waals surface area contributed by atoms with Crippen molar-refractivity contribution in [3.63, 3.8) is 0 Å². The van der Waals surface area contributed by atoms with Crippen LogP contribution in [-0.2, 0) is 34.1 Å². The average molecular weight is 390 g/mol. The van der Waals surface area contributed by atoms with Gasteiger partial charge < -0.3 is 5.32 Å². The minimum absolute atomic E-state index is 0.117. The van der Waals surface area contributed by atoms with Crippen molar-refractivity contribution >= 4 is 28.3 Å². The Hall–Kier alpha value is -1.86. The van der Waals surface area contributed by atoms with Crippen molar-refractivity contribution in [2.75, 3.05) is 5.75 Å². The van der Waals surface area contributed by atoms with Crippen LogP contribution in [0.3, 0.4) is 0 Å². The van der Waals surface area contributed by atoms with Gasteiger partial charge in [-0.2, -0.15) is 13.2 Å². The first-order valence-electron chi connectivity index (χ1n) is 7.26. The summed E-state index contributed by atoms with van der Waals surface area (Å²) in [5.74, 6) is -0.837. The number of rotatable bonds is 6. The molecule has 0 saturated heterocycles. The molecule has 0 heterocycles. The quantitative estimate of drug-likeness (QED) is 0.813. The van der Waals surface area contributed by atoms with E-state index in [9.17, 15) is 22.2 Å². The topological polar surface area (TPSA) is 46.2 Å². The molecule has 134 valence electrons. The first-order chi connectivity index (χ1) is 11.7. The molecule has 0 radical (unpaired) electrons. The monoisotopic (exact) mass is 389 g/mol. The third kappa shape index (κ3) is 6.51. The fraction of sp³-hybridized carbons (Fsp3) is 0.235. The van der Waals surface area contributed by atoms with Gasteiger partial charge in [0.15, 0.2) is 0 Å². The van der Waals surface area contributed by atoms with Crippen LogP contribution in [0.4, 0.5) is 13.2 Å². The summed E-state index contributed by atoms with van der Waals surface area (Å²) in [4.78, 5) is 11.8.